The van der Waals surface area contributed by atoms with E-state index in [4.69, 9.17) is 0 Å². The highest BCUT2D eigenvalue weighted by Gasteiger charge is 2.18. The van der Waals surface area contributed by atoms with Crippen LogP contribution in [-0.2, 0) is 6.54 Å². The molecule has 3 rings (SSSR count). The molecule has 1 aromatic carbocycles. The lowest BCUT2D eigenvalue weighted by atomic mass is 10.1. The summed E-state index contributed by atoms with van der Waals surface area (Å²) in [5.41, 5.74) is 3.97. The van der Waals surface area contributed by atoms with Crippen molar-refractivity contribution in [2.75, 3.05) is 18.4 Å². The first-order valence-electron chi connectivity index (χ1n) is 8.77. The normalized spacial score (nSPS) is 15.0. The number of benzene rings is 1. The molecule has 0 bridgehead atoms. The molecule has 4 nitrogen and oxygen atoms in total. The fourth-order valence-corrected chi connectivity index (χ4v) is 3.09. The van der Waals surface area contributed by atoms with E-state index in [1.165, 1.54) is 24.0 Å². The number of aryl methyl sites for hydroxylation is 1. The monoisotopic (exact) mass is 323 g/mol. The third-order valence-corrected chi connectivity index (χ3v) is 4.45. The van der Waals surface area contributed by atoms with Crippen LogP contribution in [0.1, 0.15) is 47.3 Å². The van der Waals surface area contributed by atoms with Gasteiger partial charge in [0.15, 0.2) is 0 Å². The van der Waals surface area contributed by atoms with E-state index in [9.17, 15) is 4.79 Å². The van der Waals surface area contributed by atoms with Crippen molar-refractivity contribution in [3.05, 3.63) is 59.4 Å². The molecule has 24 heavy (non-hydrogen) atoms. The highest BCUT2D eigenvalue weighted by Crippen LogP contribution is 2.14. The number of nitrogens with one attached hydrogen (secondary N) is 1. The number of likely N-dealkylation sites (tertiary alicyclic amines) is 1. The Hall–Kier alpha value is -2.36. The molecule has 2 aromatic rings. The van der Waals surface area contributed by atoms with Crippen molar-refractivity contribution >= 4 is 11.6 Å². The zero-order valence-corrected chi connectivity index (χ0v) is 14.3. The zero-order chi connectivity index (χ0) is 16.8. The number of aromatic nitrogens is 1. The molecular weight excluding hydrogens is 298 g/mol. The lowest BCUT2D eigenvalue weighted by Crippen LogP contribution is -2.32. The number of anilines is 1. The zero-order valence-electron chi connectivity index (χ0n) is 14.3. The second kappa shape index (κ2) is 7.95. The minimum absolute atomic E-state index is 0.0575. The summed E-state index contributed by atoms with van der Waals surface area (Å²) in [5.74, 6) is 0.0575. The summed E-state index contributed by atoms with van der Waals surface area (Å²) in [6.07, 6.45) is 6.39. The maximum Gasteiger partial charge on any atom is 0.272 e. The number of pyridine rings is 1. The number of carbonyl (C=O) groups excluding carboxylic acids is 1. The van der Waals surface area contributed by atoms with Crippen LogP contribution < -0.4 is 5.32 Å². The van der Waals surface area contributed by atoms with Gasteiger partial charge in [-0.1, -0.05) is 42.7 Å². The summed E-state index contributed by atoms with van der Waals surface area (Å²) >= 11 is 0. The second-order valence-electron chi connectivity index (χ2n) is 6.48. The lowest BCUT2D eigenvalue weighted by molar-refractivity contribution is 0.0756. The van der Waals surface area contributed by atoms with E-state index in [1.54, 1.807) is 6.20 Å². The molecule has 0 aliphatic carbocycles. The Morgan fingerprint density at radius 2 is 1.92 bits per heavy atom. The van der Waals surface area contributed by atoms with Gasteiger partial charge in [0.1, 0.15) is 5.69 Å². The predicted molar refractivity (Wildman–Crippen MR) is 97.1 cm³/mol. The fraction of sp³-hybridized carbons (Fsp3) is 0.400. The van der Waals surface area contributed by atoms with E-state index in [2.05, 4.69) is 41.5 Å². The molecule has 0 radical (unpaired) electrons. The average molecular weight is 323 g/mol. The Bertz CT molecular complexity index is 674. The van der Waals surface area contributed by atoms with E-state index in [0.29, 0.717) is 5.69 Å². The number of hydrogen-bond acceptors (Lipinski definition) is 3. The summed E-state index contributed by atoms with van der Waals surface area (Å²) in [6, 6.07) is 12.2. The summed E-state index contributed by atoms with van der Waals surface area (Å²) in [7, 11) is 0. The van der Waals surface area contributed by atoms with E-state index in [1.807, 2.05) is 17.0 Å². The van der Waals surface area contributed by atoms with Crippen LogP contribution in [0.5, 0.6) is 0 Å². The Morgan fingerprint density at radius 3 is 2.58 bits per heavy atom. The van der Waals surface area contributed by atoms with Crippen molar-refractivity contribution in [1.29, 1.82) is 0 Å². The first-order chi connectivity index (χ1) is 11.7. The molecule has 0 atom stereocenters. The van der Waals surface area contributed by atoms with Gasteiger partial charge in [-0.15, -0.1) is 0 Å². The largest absolute Gasteiger partial charge is 0.380 e. The smallest absolute Gasteiger partial charge is 0.272 e. The van der Waals surface area contributed by atoms with Crippen LogP contribution in [0.25, 0.3) is 0 Å². The quantitative estimate of drug-likeness (QED) is 0.924. The number of amides is 1. The van der Waals surface area contributed by atoms with Crippen LogP contribution in [0.2, 0.25) is 0 Å². The average Bonchev–Trinajstić information content (AvgIpc) is 2.89. The maximum absolute atomic E-state index is 12.5. The SMILES string of the molecule is Cc1cccc(CNc2ccc(C(=O)N3CCCCCC3)nc2)c1. The third-order valence-electron chi connectivity index (χ3n) is 4.45. The Labute approximate surface area is 143 Å². The minimum Gasteiger partial charge on any atom is -0.380 e. The van der Waals surface area contributed by atoms with Crippen LogP contribution in [0.4, 0.5) is 5.69 Å². The Balaban J connectivity index is 1.59. The standard InChI is InChI=1S/C20H25N3O/c1-16-7-6-8-17(13-16)14-21-18-9-10-19(22-15-18)20(24)23-11-4-2-3-5-12-23/h6-10,13,15,21H,2-5,11-12,14H2,1H3. The van der Waals surface area contributed by atoms with Crippen molar-refractivity contribution < 1.29 is 4.79 Å². The molecule has 1 aliphatic rings. The van der Waals surface area contributed by atoms with Crippen molar-refractivity contribution in [3.63, 3.8) is 0 Å². The van der Waals surface area contributed by atoms with Crippen LogP contribution >= 0.6 is 0 Å². The van der Waals surface area contributed by atoms with Crippen molar-refractivity contribution in [1.82, 2.24) is 9.88 Å². The molecule has 1 saturated heterocycles. The highest BCUT2D eigenvalue weighted by molar-refractivity contribution is 5.92. The summed E-state index contributed by atoms with van der Waals surface area (Å²) in [5, 5.41) is 3.36. The molecule has 2 heterocycles. The van der Waals surface area contributed by atoms with Gasteiger partial charge < -0.3 is 10.2 Å². The van der Waals surface area contributed by atoms with Crippen LogP contribution in [0.3, 0.4) is 0 Å². The molecule has 1 fully saturated rings. The topological polar surface area (TPSA) is 45.2 Å². The van der Waals surface area contributed by atoms with Crippen LogP contribution in [-0.4, -0.2) is 28.9 Å². The van der Waals surface area contributed by atoms with Gasteiger partial charge in [0, 0.05) is 19.6 Å². The number of rotatable bonds is 4. The lowest BCUT2D eigenvalue weighted by Gasteiger charge is -2.19. The molecule has 1 amide bonds. The van der Waals surface area contributed by atoms with Gasteiger partial charge in [0.2, 0.25) is 0 Å². The molecule has 126 valence electrons. The molecular formula is C20H25N3O. The number of carbonyl (C=O) groups is 1. The van der Waals surface area contributed by atoms with Gasteiger partial charge in [-0.3, -0.25) is 4.79 Å². The van der Waals surface area contributed by atoms with E-state index in [-0.39, 0.29) is 5.91 Å². The van der Waals surface area contributed by atoms with Crippen LogP contribution in [0.15, 0.2) is 42.6 Å². The van der Waals surface area contributed by atoms with Gasteiger partial charge in [-0.25, -0.2) is 4.98 Å². The number of hydrogen-bond donors (Lipinski definition) is 1. The first-order valence-corrected chi connectivity index (χ1v) is 8.77. The van der Waals surface area contributed by atoms with E-state index >= 15 is 0 Å². The van der Waals surface area contributed by atoms with Crippen molar-refractivity contribution in [2.24, 2.45) is 0 Å². The molecule has 1 aliphatic heterocycles. The van der Waals surface area contributed by atoms with E-state index < -0.39 is 0 Å². The van der Waals surface area contributed by atoms with Gasteiger partial charge in [0.05, 0.1) is 11.9 Å². The second-order valence-corrected chi connectivity index (χ2v) is 6.48. The Morgan fingerprint density at radius 1 is 1.12 bits per heavy atom. The van der Waals surface area contributed by atoms with Gasteiger partial charge >= 0.3 is 0 Å². The molecule has 4 heteroatoms. The molecule has 1 aromatic heterocycles. The molecule has 0 saturated carbocycles. The van der Waals surface area contributed by atoms with Crippen LogP contribution in [0, 0.1) is 6.92 Å². The summed E-state index contributed by atoms with van der Waals surface area (Å²) in [4.78, 5) is 18.8. The van der Waals surface area contributed by atoms with Gasteiger partial charge in [-0.05, 0) is 37.5 Å². The molecule has 1 N–H and O–H groups in total. The third kappa shape index (κ3) is 4.34. The fourth-order valence-electron chi connectivity index (χ4n) is 3.09. The summed E-state index contributed by atoms with van der Waals surface area (Å²) in [6.45, 7) is 4.55. The number of nitrogens with zero attached hydrogens (tertiary/aromatic N) is 2. The minimum atomic E-state index is 0.0575. The highest BCUT2D eigenvalue weighted by atomic mass is 16.2. The first kappa shape index (κ1) is 16.5. The van der Waals surface area contributed by atoms with Crippen molar-refractivity contribution in [2.45, 2.75) is 39.2 Å². The summed E-state index contributed by atoms with van der Waals surface area (Å²) < 4.78 is 0. The molecule has 0 spiro atoms. The molecule has 0 unspecified atom stereocenters. The van der Waals surface area contributed by atoms with Gasteiger partial charge in [-0.2, -0.15) is 0 Å². The Kier molecular flexibility index (Phi) is 5.47. The van der Waals surface area contributed by atoms with Gasteiger partial charge in [0.25, 0.3) is 5.91 Å². The predicted octanol–water partition coefficient (Wildman–Crippen LogP) is 4.02. The van der Waals surface area contributed by atoms with Crippen molar-refractivity contribution in [3.8, 4) is 0 Å². The van der Waals surface area contributed by atoms with E-state index in [0.717, 1.165) is 38.2 Å². The maximum atomic E-state index is 12.5.